The molecule has 1 N–H and O–H groups in total. The van der Waals surface area contributed by atoms with Crippen LogP contribution in [0.15, 0.2) is 11.4 Å². The maximum Gasteiger partial charge on any atom is 0.0540 e. The highest BCUT2D eigenvalue weighted by molar-refractivity contribution is 7.10. The Morgan fingerprint density at radius 2 is 2.15 bits per heavy atom. The molecule has 20 heavy (non-hydrogen) atoms. The summed E-state index contributed by atoms with van der Waals surface area (Å²) in [6.45, 7) is 9.12. The lowest BCUT2D eigenvalue weighted by Gasteiger charge is -2.25. The maximum atomic E-state index is 8.73. The van der Waals surface area contributed by atoms with Crippen LogP contribution < -0.4 is 0 Å². The molecule has 0 spiro atoms. The Kier molecular flexibility index (Phi) is 8.60. The summed E-state index contributed by atoms with van der Waals surface area (Å²) in [6.07, 6.45) is 4.42. The summed E-state index contributed by atoms with van der Waals surface area (Å²) in [5, 5.41) is 10.8. The van der Waals surface area contributed by atoms with Crippen molar-refractivity contribution in [3.63, 3.8) is 0 Å². The molecule has 1 aromatic heterocycles. The monoisotopic (exact) mass is 293 g/mol. The zero-order valence-corrected chi connectivity index (χ0v) is 13.8. The predicted molar refractivity (Wildman–Crippen MR) is 88.0 cm³/mol. The Morgan fingerprint density at radius 1 is 1.35 bits per heavy atom. The SMILES string of the molecule is CCCCCN(Cc1cc(C#CCCO)cs1)C(C)C. The highest BCUT2D eigenvalue weighted by Gasteiger charge is 2.10. The van der Waals surface area contributed by atoms with Crippen LogP contribution in [0, 0.1) is 11.8 Å². The van der Waals surface area contributed by atoms with Crippen molar-refractivity contribution in [3.05, 3.63) is 21.9 Å². The fraction of sp³-hybridized carbons (Fsp3) is 0.647. The average Bonchev–Trinajstić information content (AvgIpc) is 2.86. The molecule has 0 aliphatic rings. The molecule has 0 aliphatic carbocycles. The molecule has 0 radical (unpaired) electrons. The van der Waals surface area contributed by atoms with Gasteiger partial charge < -0.3 is 5.11 Å². The summed E-state index contributed by atoms with van der Waals surface area (Å²) < 4.78 is 0. The van der Waals surface area contributed by atoms with Gasteiger partial charge in [-0.25, -0.2) is 0 Å². The van der Waals surface area contributed by atoms with Crippen LogP contribution in [0.1, 0.15) is 56.9 Å². The lowest BCUT2D eigenvalue weighted by molar-refractivity contribution is 0.210. The van der Waals surface area contributed by atoms with Gasteiger partial charge in [0, 0.05) is 34.8 Å². The van der Waals surface area contributed by atoms with Gasteiger partial charge in [-0.1, -0.05) is 31.6 Å². The third-order valence-corrected chi connectivity index (χ3v) is 4.18. The van der Waals surface area contributed by atoms with Gasteiger partial charge >= 0.3 is 0 Å². The van der Waals surface area contributed by atoms with Crippen molar-refractivity contribution in [3.8, 4) is 11.8 Å². The van der Waals surface area contributed by atoms with Gasteiger partial charge in [-0.2, -0.15) is 0 Å². The summed E-state index contributed by atoms with van der Waals surface area (Å²) in [5.74, 6) is 6.08. The van der Waals surface area contributed by atoms with Crippen LogP contribution in [0.2, 0.25) is 0 Å². The standard InChI is InChI=1S/C17H27NOS/c1-4-5-7-10-18(15(2)3)13-17-12-16(14-20-17)9-6-8-11-19/h12,14-15,19H,4-5,7-8,10-11,13H2,1-3H3. The van der Waals surface area contributed by atoms with E-state index in [1.165, 1.54) is 30.7 Å². The van der Waals surface area contributed by atoms with E-state index in [1.807, 2.05) is 0 Å². The highest BCUT2D eigenvalue weighted by atomic mass is 32.1. The second-order valence-electron chi connectivity index (χ2n) is 5.35. The Labute approximate surface area is 127 Å². The van der Waals surface area contributed by atoms with E-state index in [2.05, 4.69) is 49.0 Å². The number of aliphatic hydroxyl groups is 1. The van der Waals surface area contributed by atoms with Crippen molar-refractivity contribution in [2.75, 3.05) is 13.2 Å². The lowest BCUT2D eigenvalue weighted by Crippen LogP contribution is -2.30. The van der Waals surface area contributed by atoms with Crippen LogP contribution in [0.25, 0.3) is 0 Å². The van der Waals surface area contributed by atoms with Gasteiger partial charge in [0.1, 0.15) is 0 Å². The summed E-state index contributed by atoms with van der Waals surface area (Å²) in [5.41, 5.74) is 1.08. The normalized spacial score (nSPS) is 10.9. The molecular formula is C17H27NOS. The number of unbranched alkanes of at least 4 members (excludes halogenated alkanes) is 2. The van der Waals surface area contributed by atoms with E-state index >= 15 is 0 Å². The molecule has 0 saturated carbocycles. The molecule has 1 aromatic rings. The second-order valence-corrected chi connectivity index (χ2v) is 6.34. The molecule has 0 bridgehead atoms. The Hall–Kier alpha value is -0.820. The highest BCUT2D eigenvalue weighted by Crippen LogP contribution is 2.18. The smallest absolute Gasteiger partial charge is 0.0540 e. The summed E-state index contributed by atoms with van der Waals surface area (Å²) in [4.78, 5) is 3.91. The zero-order valence-electron chi connectivity index (χ0n) is 13.0. The third-order valence-electron chi connectivity index (χ3n) is 3.26. The molecular weight excluding hydrogens is 266 g/mol. The molecule has 112 valence electrons. The number of thiophene rings is 1. The Bertz CT molecular complexity index is 428. The van der Waals surface area contributed by atoms with E-state index in [0.29, 0.717) is 12.5 Å². The summed E-state index contributed by atoms with van der Waals surface area (Å²) >= 11 is 1.79. The minimum Gasteiger partial charge on any atom is -0.395 e. The number of hydrogen-bond acceptors (Lipinski definition) is 3. The molecule has 1 heterocycles. The molecule has 0 amide bonds. The zero-order chi connectivity index (χ0) is 14.8. The first-order valence-electron chi connectivity index (χ1n) is 7.58. The average molecular weight is 293 g/mol. The molecule has 0 aromatic carbocycles. The minimum absolute atomic E-state index is 0.141. The van der Waals surface area contributed by atoms with Crippen LogP contribution in [0.5, 0.6) is 0 Å². The summed E-state index contributed by atoms with van der Waals surface area (Å²) in [7, 11) is 0. The largest absolute Gasteiger partial charge is 0.395 e. The quantitative estimate of drug-likeness (QED) is 0.581. The first-order chi connectivity index (χ1) is 9.67. The number of nitrogens with zero attached hydrogens (tertiary/aromatic N) is 1. The van der Waals surface area contributed by atoms with E-state index in [-0.39, 0.29) is 6.61 Å². The molecule has 2 nitrogen and oxygen atoms in total. The molecule has 1 rings (SSSR count). The fourth-order valence-corrected chi connectivity index (χ4v) is 2.88. The van der Waals surface area contributed by atoms with Crippen LogP contribution in [0.4, 0.5) is 0 Å². The van der Waals surface area contributed by atoms with Gasteiger partial charge in [-0.3, -0.25) is 4.90 Å². The van der Waals surface area contributed by atoms with Crippen LogP contribution >= 0.6 is 11.3 Å². The molecule has 0 unspecified atom stereocenters. The van der Waals surface area contributed by atoms with Crippen molar-refractivity contribution < 1.29 is 5.11 Å². The summed E-state index contributed by atoms with van der Waals surface area (Å²) in [6, 6.07) is 2.77. The predicted octanol–water partition coefficient (Wildman–Crippen LogP) is 3.88. The van der Waals surface area contributed by atoms with E-state index in [4.69, 9.17) is 5.11 Å². The van der Waals surface area contributed by atoms with Crippen molar-refractivity contribution in [1.82, 2.24) is 4.90 Å². The van der Waals surface area contributed by atoms with Gasteiger partial charge in [0.15, 0.2) is 0 Å². The van der Waals surface area contributed by atoms with E-state index in [9.17, 15) is 0 Å². The van der Waals surface area contributed by atoms with Crippen molar-refractivity contribution >= 4 is 11.3 Å². The minimum atomic E-state index is 0.141. The molecule has 3 heteroatoms. The van der Waals surface area contributed by atoms with Gasteiger partial charge in [0.05, 0.1) is 6.61 Å². The lowest BCUT2D eigenvalue weighted by atomic mass is 10.2. The number of aliphatic hydroxyl groups excluding tert-OH is 1. The van der Waals surface area contributed by atoms with Crippen molar-refractivity contribution in [2.24, 2.45) is 0 Å². The molecule has 0 saturated heterocycles. The van der Waals surface area contributed by atoms with Crippen LogP contribution in [-0.2, 0) is 6.54 Å². The van der Waals surface area contributed by atoms with Crippen LogP contribution in [0.3, 0.4) is 0 Å². The van der Waals surface area contributed by atoms with Gasteiger partial charge in [0.25, 0.3) is 0 Å². The Balaban J connectivity index is 2.54. The van der Waals surface area contributed by atoms with Crippen LogP contribution in [-0.4, -0.2) is 29.2 Å². The van der Waals surface area contributed by atoms with Crippen molar-refractivity contribution in [1.29, 1.82) is 0 Å². The van der Waals surface area contributed by atoms with E-state index < -0.39 is 0 Å². The second kappa shape index (κ2) is 9.99. The first kappa shape index (κ1) is 17.2. The Morgan fingerprint density at radius 3 is 2.80 bits per heavy atom. The maximum absolute atomic E-state index is 8.73. The first-order valence-corrected chi connectivity index (χ1v) is 8.46. The fourth-order valence-electron chi connectivity index (χ4n) is 2.03. The third kappa shape index (κ3) is 6.56. The van der Waals surface area contributed by atoms with E-state index in [1.54, 1.807) is 11.3 Å². The number of rotatable bonds is 8. The molecule has 0 fully saturated rings. The topological polar surface area (TPSA) is 23.5 Å². The van der Waals surface area contributed by atoms with E-state index in [0.717, 1.165) is 12.1 Å². The van der Waals surface area contributed by atoms with Crippen molar-refractivity contribution in [2.45, 2.75) is 59.0 Å². The number of hydrogen-bond donors (Lipinski definition) is 1. The molecule has 0 aliphatic heterocycles. The van der Waals surface area contributed by atoms with Gasteiger partial charge in [0.2, 0.25) is 0 Å². The molecule has 0 atom stereocenters. The van der Waals surface area contributed by atoms with Gasteiger partial charge in [-0.05, 0) is 32.9 Å². The van der Waals surface area contributed by atoms with Gasteiger partial charge in [-0.15, -0.1) is 11.3 Å².